The van der Waals surface area contributed by atoms with Gasteiger partial charge in [0.25, 0.3) is 0 Å². The van der Waals surface area contributed by atoms with E-state index in [4.69, 9.17) is 32.7 Å². The molecule has 0 saturated carbocycles. The van der Waals surface area contributed by atoms with Gasteiger partial charge in [0.05, 0.1) is 20.8 Å². The van der Waals surface area contributed by atoms with Gasteiger partial charge in [-0.1, -0.05) is 40.5 Å². The smallest absolute Gasteiger partial charge is 0.232 e. The van der Waals surface area contributed by atoms with Crippen LogP contribution in [-0.2, 0) is 0 Å². The summed E-state index contributed by atoms with van der Waals surface area (Å²) in [5.41, 5.74) is 1.20. The van der Waals surface area contributed by atoms with Crippen LogP contribution < -0.4 is 0 Å². The second kappa shape index (κ2) is 6.89. The molecule has 0 radical (unpaired) electrons. The second-order valence-electron chi connectivity index (χ2n) is 7.44. The van der Waals surface area contributed by atoms with Gasteiger partial charge in [-0.3, -0.25) is 4.90 Å². The highest BCUT2D eigenvalue weighted by molar-refractivity contribution is 7.13. The highest BCUT2D eigenvalue weighted by Crippen LogP contribution is 2.51. The molecule has 2 aliphatic heterocycles. The van der Waals surface area contributed by atoms with Crippen molar-refractivity contribution in [3.8, 4) is 10.7 Å². The Morgan fingerprint density at radius 2 is 2.07 bits per heavy atom. The number of hydrogen-bond donors (Lipinski definition) is 0. The minimum atomic E-state index is 0.159. The predicted molar refractivity (Wildman–Crippen MR) is 109 cm³/mol. The highest BCUT2D eigenvalue weighted by atomic mass is 35.5. The first kappa shape index (κ1) is 17.7. The number of hydrogen-bond acceptors (Lipinski definition) is 5. The fourth-order valence-corrected chi connectivity index (χ4v) is 5.72. The molecular formula is C20H19Cl2N3OS. The largest absolute Gasteiger partial charge is 0.339 e. The van der Waals surface area contributed by atoms with Crippen molar-refractivity contribution in [3.63, 3.8) is 0 Å². The summed E-state index contributed by atoms with van der Waals surface area (Å²) < 4.78 is 5.79. The summed E-state index contributed by atoms with van der Waals surface area (Å²) in [5.74, 6) is 1.86. The number of benzene rings is 1. The Bertz CT molecular complexity index is 958. The standard InChI is InChI=1S/C20H19Cl2N3OS/c1-25-12-5-7-16(25)18(13(10-12)11-4-6-14(21)15(22)9-11)20-23-19(24-26-20)17-3-2-8-27-17/h2-4,6,8-9,12-13,16,18H,5,7,10H2,1H3/t12-,13+,16+,18+/m0/s1. The van der Waals surface area contributed by atoms with Crippen LogP contribution in [0.25, 0.3) is 10.7 Å². The molecule has 0 unspecified atom stereocenters. The quantitative estimate of drug-likeness (QED) is 0.534. The summed E-state index contributed by atoms with van der Waals surface area (Å²) in [6.07, 6.45) is 3.42. The summed E-state index contributed by atoms with van der Waals surface area (Å²) in [4.78, 5) is 8.32. The summed E-state index contributed by atoms with van der Waals surface area (Å²) in [6, 6.07) is 11.0. The van der Waals surface area contributed by atoms with Crippen molar-refractivity contribution >= 4 is 34.5 Å². The Hall–Kier alpha value is -1.40. The topological polar surface area (TPSA) is 42.2 Å². The fraction of sp³-hybridized carbons (Fsp3) is 0.400. The molecule has 0 spiro atoms. The van der Waals surface area contributed by atoms with Crippen molar-refractivity contribution in [2.24, 2.45) is 0 Å². The Balaban J connectivity index is 1.56. The molecule has 4 heterocycles. The molecule has 0 amide bonds. The Labute approximate surface area is 172 Å². The van der Waals surface area contributed by atoms with Crippen LogP contribution in [0.4, 0.5) is 0 Å². The van der Waals surface area contributed by atoms with Gasteiger partial charge in [-0.15, -0.1) is 11.3 Å². The summed E-state index contributed by atoms with van der Waals surface area (Å²) in [6.45, 7) is 0. The zero-order chi connectivity index (χ0) is 18.5. The zero-order valence-corrected chi connectivity index (χ0v) is 17.1. The van der Waals surface area contributed by atoms with Gasteiger partial charge in [-0.2, -0.15) is 4.98 Å². The third-order valence-corrected chi connectivity index (χ3v) is 7.71. The predicted octanol–water partition coefficient (Wildman–Crippen LogP) is 5.84. The van der Waals surface area contributed by atoms with E-state index in [-0.39, 0.29) is 5.92 Å². The number of aromatic nitrogens is 2. The number of nitrogens with zero attached hydrogens (tertiary/aromatic N) is 3. The van der Waals surface area contributed by atoms with Crippen LogP contribution in [0.15, 0.2) is 40.2 Å². The van der Waals surface area contributed by atoms with Crippen LogP contribution in [0.1, 0.15) is 42.6 Å². The van der Waals surface area contributed by atoms with Gasteiger partial charge in [0.1, 0.15) is 0 Å². The number of halogens is 2. The first-order valence-corrected chi connectivity index (χ1v) is 10.8. The van der Waals surface area contributed by atoms with Crippen molar-refractivity contribution < 1.29 is 4.52 Å². The maximum atomic E-state index is 6.32. The van der Waals surface area contributed by atoms with Gasteiger partial charge in [0.2, 0.25) is 11.7 Å². The van der Waals surface area contributed by atoms with Gasteiger partial charge in [0.15, 0.2) is 0 Å². The van der Waals surface area contributed by atoms with E-state index in [2.05, 4.69) is 23.2 Å². The number of rotatable bonds is 3. The molecule has 2 saturated heterocycles. The lowest BCUT2D eigenvalue weighted by Crippen LogP contribution is -2.44. The molecule has 7 heteroatoms. The molecule has 4 atom stereocenters. The molecule has 0 aliphatic carbocycles. The van der Waals surface area contributed by atoms with Crippen molar-refractivity contribution in [2.75, 3.05) is 7.05 Å². The zero-order valence-electron chi connectivity index (χ0n) is 14.8. The number of likely N-dealkylation sites (N-methyl/N-ethyl adjacent to an activating group) is 1. The molecule has 0 N–H and O–H groups in total. The first-order chi connectivity index (χ1) is 13.1. The van der Waals surface area contributed by atoms with Crippen LogP contribution in [0.3, 0.4) is 0 Å². The molecule has 2 aliphatic rings. The van der Waals surface area contributed by atoms with Crippen LogP contribution >= 0.6 is 34.5 Å². The average molecular weight is 420 g/mol. The van der Waals surface area contributed by atoms with Gasteiger partial charge >= 0.3 is 0 Å². The van der Waals surface area contributed by atoms with Gasteiger partial charge in [0, 0.05) is 12.1 Å². The summed E-state index contributed by atoms with van der Waals surface area (Å²) >= 11 is 14.1. The summed E-state index contributed by atoms with van der Waals surface area (Å²) in [5, 5.41) is 7.48. The van der Waals surface area contributed by atoms with E-state index < -0.39 is 0 Å². The molecule has 2 fully saturated rings. The van der Waals surface area contributed by atoms with Crippen molar-refractivity contribution in [1.82, 2.24) is 15.0 Å². The molecule has 5 rings (SSSR count). The van der Waals surface area contributed by atoms with E-state index in [0.29, 0.717) is 33.9 Å². The van der Waals surface area contributed by atoms with E-state index in [1.807, 2.05) is 29.6 Å². The van der Waals surface area contributed by atoms with Gasteiger partial charge in [-0.05, 0) is 61.4 Å². The third kappa shape index (κ3) is 3.01. The van der Waals surface area contributed by atoms with Crippen molar-refractivity contribution in [1.29, 1.82) is 0 Å². The van der Waals surface area contributed by atoms with Crippen LogP contribution in [0, 0.1) is 0 Å². The normalized spacial score (nSPS) is 28.0. The van der Waals surface area contributed by atoms with Crippen LogP contribution in [0.2, 0.25) is 10.0 Å². The number of piperidine rings is 1. The van der Waals surface area contributed by atoms with Crippen LogP contribution in [-0.4, -0.2) is 34.2 Å². The molecule has 140 valence electrons. The van der Waals surface area contributed by atoms with E-state index in [1.165, 1.54) is 12.0 Å². The highest BCUT2D eigenvalue weighted by Gasteiger charge is 2.49. The lowest BCUT2D eigenvalue weighted by atomic mass is 9.76. The SMILES string of the molecule is CN1[C@H]2CC[C@@H]1[C@H](c1nc(-c3cccs3)no1)[C@@H](c1ccc(Cl)c(Cl)c1)C2. The number of thiophene rings is 1. The molecule has 3 aromatic rings. The number of fused-ring (bicyclic) bond motifs is 2. The third-order valence-electron chi connectivity index (χ3n) is 6.11. The molecule has 1 aromatic carbocycles. The minimum absolute atomic E-state index is 0.159. The van der Waals surface area contributed by atoms with E-state index in [9.17, 15) is 0 Å². The molecular weight excluding hydrogens is 401 g/mol. The van der Waals surface area contributed by atoms with Crippen LogP contribution in [0.5, 0.6) is 0 Å². The van der Waals surface area contributed by atoms with Crippen molar-refractivity contribution in [2.45, 2.75) is 43.2 Å². The first-order valence-electron chi connectivity index (χ1n) is 9.16. The molecule has 2 bridgehead atoms. The maximum Gasteiger partial charge on any atom is 0.232 e. The lowest BCUT2D eigenvalue weighted by molar-refractivity contribution is 0.120. The van der Waals surface area contributed by atoms with E-state index in [1.54, 1.807) is 11.3 Å². The Kier molecular flexibility index (Phi) is 4.51. The molecule has 27 heavy (non-hydrogen) atoms. The molecule has 2 aromatic heterocycles. The minimum Gasteiger partial charge on any atom is -0.339 e. The van der Waals surface area contributed by atoms with E-state index in [0.717, 1.165) is 23.6 Å². The fourth-order valence-electron chi connectivity index (χ4n) is 4.77. The van der Waals surface area contributed by atoms with Gasteiger partial charge in [-0.25, -0.2) is 0 Å². The molecule has 4 nitrogen and oxygen atoms in total. The lowest BCUT2D eigenvalue weighted by Gasteiger charge is -2.41. The Morgan fingerprint density at radius 1 is 1.19 bits per heavy atom. The van der Waals surface area contributed by atoms with Crippen molar-refractivity contribution in [3.05, 3.63) is 57.2 Å². The Morgan fingerprint density at radius 3 is 2.85 bits per heavy atom. The van der Waals surface area contributed by atoms with E-state index >= 15 is 0 Å². The maximum absolute atomic E-state index is 6.32. The second-order valence-corrected chi connectivity index (χ2v) is 9.20. The van der Waals surface area contributed by atoms with Gasteiger partial charge < -0.3 is 4.52 Å². The monoisotopic (exact) mass is 419 g/mol. The average Bonchev–Trinajstić information content (AvgIpc) is 3.38. The summed E-state index contributed by atoms with van der Waals surface area (Å²) in [7, 11) is 2.22.